The first-order valence-electron chi connectivity index (χ1n) is 5.67. The predicted molar refractivity (Wildman–Crippen MR) is 79.4 cm³/mol. The zero-order valence-corrected chi connectivity index (χ0v) is 14.4. The average Bonchev–Trinajstić information content (AvgIpc) is 2.52. The normalized spacial score (nSPS) is 22.6. The maximum absolute atomic E-state index is 2.36. The van der Waals surface area contributed by atoms with Crippen molar-refractivity contribution in [3.8, 4) is 0 Å². The zero-order chi connectivity index (χ0) is 11.9. The van der Waals surface area contributed by atoms with Crippen molar-refractivity contribution in [3.05, 3.63) is 41.0 Å². The molecule has 0 saturated carbocycles. The van der Waals surface area contributed by atoms with E-state index in [0.717, 1.165) is 0 Å². The van der Waals surface area contributed by atoms with E-state index in [-0.39, 0.29) is 28.5 Å². The molecule has 0 bridgehead atoms. The van der Waals surface area contributed by atoms with Crippen LogP contribution in [0.4, 0.5) is 0 Å². The summed E-state index contributed by atoms with van der Waals surface area (Å²) in [6, 6.07) is 9.25. The van der Waals surface area contributed by atoms with E-state index in [4.69, 9.17) is 0 Å². The fourth-order valence-corrected chi connectivity index (χ4v) is 3.35. The molecule has 0 saturated heterocycles. The van der Waals surface area contributed by atoms with Gasteiger partial charge < -0.3 is 0 Å². The molecule has 0 aromatic heterocycles. The minimum Gasteiger partial charge on any atom is -0.147 e. The predicted octanol–water partition coefficient (Wildman–Crippen LogP) is 3.64. The summed E-state index contributed by atoms with van der Waals surface area (Å²) in [6.45, 7) is 4.56. The van der Waals surface area contributed by atoms with Gasteiger partial charge in [-0.2, -0.15) is 0 Å². The number of halogens is 2. The Balaban J connectivity index is 0.00000144. The number of rotatable bonds is 2. The minimum atomic E-state index is 0. The Bertz CT molecular complexity index is 445. The Hall–Kier alpha value is 0.214. The van der Waals surface area contributed by atoms with Crippen LogP contribution in [0, 0.1) is 0 Å². The van der Waals surface area contributed by atoms with Crippen LogP contribution < -0.4 is 0 Å². The van der Waals surface area contributed by atoms with Crippen LogP contribution in [0.3, 0.4) is 0 Å². The van der Waals surface area contributed by atoms with Crippen molar-refractivity contribution in [2.24, 2.45) is 0 Å². The number of nitrogens with zero attached hydrogens (tertiary/aromatic N) is 1. The summed E-state index contributed by atoms with van der Waals surface area (Å²) in [6.07, 6.45) is 2.33. The third kappa shape index (κ3) is 2.71. The Kier molecular flexibility index (Phi) is 6.66. The summed E-state index contributed by atoms with van der Waals surface area (Å²) >= 11 is 2.36. The van der Waals surface area contributed by atoms with Crippen molar-refractivity contribution in [1.29, 1.82) is 0 Å². The average molecular weight is 321 g/mol. The number of hydrogen-bond donors (Lipinski definition) is 0. The molecule has 2 unspecified atom stereocenters. The smallest absolute Gasteiger partial charge is 0.147 e. The third-order valence-electron chi connectivity index (χ3n) is 3.78. The Morgan fingerprint density at radius 2 is 1.72 bits per heavy atom. The van der Waals surface area contributed by atoms with E-state index < -0.39 is 0 Å². The Labute approximate surface area is 134 Å². The van der Waals surface area contributed by atoms with Crippen molar-refractivity contribution in [1.82, 2.24) is 4.90 Å². The van der Waals surface area contributed by atoms with Crippen LogP contribution in [0.25, 0.3) is 6.08 Å². The molecule has 0 amide bonds. The summed E-state index contributed by atoms with van der Waals surface area (Å²) in [5, 5.41) is 0. The van der Waals surface area contributed by atoms with Gasteiger partial charge in [-0.1, -0.05) is 0 Å². The van der Waals surface area contributed by atoms with Gasteiger partial charge in [-0.05, 0) is 0 Å². The first-order valence-corrected chi connectivity index (χ1v) is 6.45. The quantitative estimate of drug-likeness (QED) is 0.752. The summed E-state index contributed by atoms with van der Waals surface area (Å²) in [7, 11) is 4.31. The Morgan fingerprint density at radius 1 is 1.17 bits per heavy atom. The molecule has 0 N–H and O–H groups in total. The molecule has 99 valence electrons. The van der Waals surface area contributed by atoms with Gasteiger partial charge in [0, 0.05) is 0 Å². The second-order valence-corrected chi connectivity index (χ2v) is 6.09. The fourth-order valence-electron chi connectivity index (χ4n) is 2.48. The molecule has 1 aliphatic rings. The molecule has 1 nitrogen and oxygen atoms in total. The second-order valence-electron chi connectivity index (χ2n) is 4.86. The molecule has 1 aliphatic carbocycles. The summed E-state index contributed by atoms with van der Waals surface area (Å²) in [4.78, 5) is 2.31. The molecule has 0 radical (unpaired) electrons. The van der Waals surface area contributed by atoms with E-state index in [1.165, 1.54) is 16.7 Å². The minimum absolute atomic E-state index is 0. The molecular weight excluding hydrogens is 301 g/mol. The third-order valence-corrected chi connectivity index (χ3v) is 5.47. The number of benzene rings is 1. The van der Waals surface area contributed by atoms with Crippen molar-refractivity contribution in [3.63, 3.8) is 0 Å². The SMILES string of the molecule is CC1=Cc2ccccc2[C]1([Ti])C(C)N(C)C.Cl.Cl. The molecule has 2 rings (SSSR count). The topological polar surface area (TPSA) is 3.24 Å². The van der Waals surface area contributed by atoms with Gasteiger partial charge in [-0.3, -0.25) is 0 Å². The van der Waals surface area contributed by atoms with E-state index in [2.05, 4.69) is 83.6 Å². The van der Waals surface area contributed by atoms with Crippen molar-refractivity contribution >= 4 is 30.9 Å². The second kappa shape index (κ2) is 6.59. The summed E-state index contributed by atoms with van der Waals surface area (Å²) in [5.41, 5.74) is 4.32. The van der Waals surface area contributed by atoms with Crippen molar-refractivity contribution < 1.29 is 20.4 Å². The van der Waals surface area contributed by atoms with Gasteiger partial charge >= 0.3 is 110 Å². The van der Waals surface area contributed by atoms with Crippen LogP contribution in [-0.4, -0.2) is 25.0 Å². The van der Waals surface area contributed by atoms with Crippen LogP contribution in [0.5, 0.6) is 0 Å². The van der Waals surface area contributed by atoms with Crippen molar-refractivity contribution in [2.45, 2.75) is 23.6 Å². The zero-order valence-electron chi connectivity index (χ0n) is 11.2. The van der Waals surface area contributed by atoms with Crippen LogP contribution in [0.15, 0.2) is 29.8 Å². The van der Waals surface area contributed by atoms with E-state index in [9.17, 15) is 0 Å². The molecular formula is C14H20Cl2NTi. The Morgan fingerprint density at radius 3 is 2.28 bits per heavy atom. The van der Waals surface area contributed by atoms with Gasteiger partial charge in [0.05, 0.1) is 0 Å². The first-order chi connectivity index (χ1) is 7.48. The van der Waals surface area contributed by atoms with E-state index in [1.807, 2.05) is 0 Å². The van der Waals surface area contributed by atoms with Crippen LogP contribution in [0.1, 0.15) is 25.0 Å². The van der Waals surface area contributed by atoms with Gasteiger partial charge in [0.25, 0.3) is 0 Å². The molecule has 1 aromatic rings. The van der Waals surface area contributed by atoms with E-state index >= 15 is 0 Å². The first kappa shape index (κ1) is 18.2. The van der Waals surface area contributed by atoms with Crippen molar-refractivity contribution in [2.75, 3.05) is 14.1 Å². The van der Waals surface area contributed by atoms with Gasteiger partial charge in [0.2, 0.25) is 0 Å². The largest absolute Gasteiger partial charge is 0.147 e. The van der Waals surface area contributed by atoms with Crippen LogP contribution >= 0.6 is 24.8 Å². The number of fused-ring (bicyclic) bond motifs is 1. The van der Waals surface area contributed by atoms with Gasteiger partial charge in [0.1, 0.15) is 0 Å². The van der Waals surface area contributed by atoms with Crippen LogP contribution in [0.2, 0.25) is 0 Å². The molecule has 4 heteroatoms. The fraction of sp³-hybridized carbons (Fsp3) is 0.429. The molecule has 18 heavy (non-hydrogen) atoms. The van der Waals surface area contributed by atoms with E-state index in [0.29, 0.717) is 6.04 Å². The molecule has 0 spiro atoms. The maximum Gasteiger partial charge on any atom is -0.147 e. The van der Waals surface area contributed by atoms with Crippen LogP contribution in [-0.2, 0) is 24.2 Å². The monoisotopic (exact) mass is 320 g/mol. The van der Waals surface area contributed by atoms with Gasteiger partial charge in [-0.15, -0.1) is 24.8 Å². The molecule has 1 aromatic carbocycles. The number of likely N-dealkylation sites (N-methyl/N-ethyl adjacent to an activating group) is 1. The summed E-state index contributed by atoms with van der Waals surface area (Å²) < 4.78 is 0.153. The maximum atomic E-state index is 2.36. The standard InChI is InChI=1S/C14H18N.2ClH.Ti/c1-10-9-12-7-5-6-8-13(12)14(10)11(2)15(3)4;;;/h5-9,11H,1-4H3;2*1H;. The molecule has 2 atom stereocenters. The van der Waals surface area contributed by atoms with E-state index in [1.54, 1.807) is 0 Å². The molecule has 0 aliphatic heterocycles. The van der Waals surface area contributed by atoms with Gasteiger partial charge in [-0.25, -0.2) is 0 Å². The molecule has 0 fully saturated rings. The van der Waals surface area contributed by atoms with Gasteiger partial charge in [0.15, 0.2) is 0 Å². The number of hydrogen-bond acceptors (Lipinski definition) is 1. The summed E-state index contributed by atoms with van der Waals surface area (Å²) in [5.74, 6) is 0. The molecule has 0 heterocycles.